The lowest BCUT2D eigenvalue weighted by Crippen LogP contribution is -2.40. The monoisotopic (exact) mass is 232 g/mol. The van der Waals surface area contributed by atoms with Crippen molar-refractivity contribution in [3.8, 4) is 0 Å². The van der Waals surface area contributed by atoms with Crippen LogP contribution in [0.3, 0.4) is 0 Å². The molecule has 1 heterocycles. The average molecular weight is 232 g/mol. The van der Waals surface area contributed by atoms with E-state index in [1.807, 2.05) is 35.2 Å². The van der Waals surface area contributed by atoms with Crippen molar-refractivity contribution in [3.63, 3.8) is 0 Å². The zero-order valence-corrected chi connectivity index (χ0v) is 10.1. The molecule has 0 aliphatic carbocycles. The van der Waals surface area contributed by atoms with E-state index in [0.29, 0.717) is 6.54 Å². The minimum atomic E-state index is -0.172. The lowest BCUT2D eigenvalue weighted by molar-refractivity contribution is -0.133. The highest BCUT2D eigenvalue weighted by molar-refractivity contribution is 5.84. The van der Waals surface area contributed by atoms with Crippen LogP contribution in [0.4, 0.5) is 0 Å². The highest BCUT2D eigenvalue weighted by Gasteiger charge is 2.25. The number of nitrogens with zero attached hydrogens (tertiary/aromatic N) is 1. The first-order valence-electron chi connectivity index (χ1n) is 6.36. The lowest BCUT2D eigenvalue weighted by atomic mass is 9.96. The second-order valence-corrected chi connectivity index (χ2v) is 4.58. The molecule has 0 aromatic heterocycles. The first-order chi connectivity index (χ1) is 8.33. The van der Waals surface area contributed by atoms with E-state index in [-0.39, 0.29) is 11.8 Å². The second-order valence-electron chi connectivity index (χ2n) is 4.58. The molecule has 1 unspecified atom stereocenters. The summed E-state index contributed by atoms with van der Waals surface area (Å²) in [6.07, 6.45) is 3.48. The Labute approximate surface area is 103 Å². The molecule has 2 N–H and O–H groups in total. The minimum absolute atomic E-state index is 0.172. The maximum absolute atomic E-state index is 12.4. The maximum Gasteiger partial charge on any atom is 0.231 e. The molecule has 0 spiro atoms. The van der Waals surface area contributed by atoms with Crippen molar-refractivity contribution in [2.75, 3.05) is 19.6 Å². The van der Waals surface area contributed by atoms with Gasteiger partial charge in [0.2, 0.25) is 5.91 Å². The van der Waals surface area contributed by atoms with Crippen LogP contribution < -0.4 is 5.73 Å². The van der Waals surface area contributed by atoms with Crippen LogP contribution in [0.5, 0.6) is 0 Å². The van der Waals surface area contributed by atoms with Crippen molar-refractivity contribution in [1.82, 2.24) is 4.90 Å². The zero-order valence-electron chi connectivity index (χ0n) is 10.1. The van der Waals surface area contributed by atoms with Gasteiger partial charge in [0.15, 0.2) is 0 Å². The van der Waals surface area contributed by atoms with Gasteiger partial charge in [-0.25, -0.2) is 0 Å². The predicted octanol–water partition coefficient (Wildman–Crippen LogP) is 1.74. The minimum Gasteiger partial charge on any atom is -0.342 e. The Morgan fingerprint density at radius 2 is 1.82 bits per heavy atom. The Hall–Kier alpha value is -1.35. The molecule has 92 valence electrons. The fraction of sp³-hybridized carbons (Fsp3) is 0.500. The van der Waals surface area contributed by atoms with Crippen molar-refractivity contribution in [1.29, 1.82) is 0 Å². The summed E-state index contributed by atoms with van der Waals surface area (Å²) < 4.78 is 0. The van der Waals surface area contributed by atoms with Gasteiger partial charge < -0.3 is 10.6 Å². The SMILES string of the molecule is NCC(C(=O)N1CCCCC1)c1ccccc1. The van der Waals surface area contributed by atoms with Crippen LogP contribution in [-0.2, 0) is 4.79 Å². The summed E-state index contributed by atoms with van der Waals surface area (Å²) in [6, 6.07) is 9.85. The van der Waals surface area contributed by atoms with Crippen LogP contribution in [-0.4, -0.2) is 30.4 Å². The summed E-state index contributed by atoms with van der Waals surface area (Å²) in [6.45, 7) is 2.17. The number of hydrogen-bond acceptors (Lipinski definition) is 2. The Morgan fingerprint density at radius 3 is 2.41 bits per heavy atom. The topological polar surface area (TPSA) is 46.3 Å². The summed E-state index contributed by atoms with van der Waals surface area (Å²) in [5, 5.41) is 0. The summed E-state index contributed by atoms with van der Waals surface area (Å²) in [4.78, 5) is 14.3. The third-order valence-electron chi connectivity index (χ3n) is 3.40. The zero-order chi connectivity index (χ0) is 12.1. The Kier molecular flexibility index (Phi) is 4.15. The molecule has 1 aliphatic heterocycles. The Bertz CT molecular complexity index is 358. The third-order valence-corrected chi connectivity index (χ3v) is 3.40. The van der Waals surface area contributed by atoms with Gasteiger partial charge in [-0.3, -0.25) is 4.79 Å². The number of rotatable bonds is 3. The van der Waals surface area contributed by atoms with E-state index in [1.165, 1.54) is 6.42 Å². The molecule has 0 bridgehead atoms. The molecule has 1 aliphatic rings. The summed E-state index contributed by atoms with van der Waals surface area (Å²) in [5.74, 6) is 0.0210. The Balaban J connectivity index is 2.10. The van der Waals surface area contributed by atoms with Gasteiger partial charge >= 0.3 is 0 Å². The third kappa shape index (κ3) is 2.86. The van der Waals surface area contributed by atoms with Gasteiger partial charge in [0.05, 0.1) is 5.92 Å². The molecule has 1 fully saturated rings. The fourth-order valence-electron chi connectivity index (χ4n) is 2.40. The highest BCUT2D eigenvalue weighted by Crippen LogP contribution is 2.20. The molecular weight excluding hydrogens is 212 g/mol. The van der Waals surface area contributed by atoms with Gasteiger partial charge in [-0.2, -0.15) is 0 Å². The quantitative estimate of drug-likeness (QED) is 0.863. The van der Waals surface area contributed by atoms with E-state index >= 15 is 0 Å². The first kappa shape index (κ1) is 12.1. The van der Waals surface area contributed by atoms with E-state index in [1.54, 1.807) is 0 Å². The number of hydrogen-bond donors (Lipinski definition) is 1. The van der Waals surface area contributed by atoms with Crippen molar-refractivity contribution >= 4 is 5.91 Å². The summed E-state index contributed by atoms with van der Waals surface area (Å²) >= 11 is 0. The number of carbonyl (C=O) groups is 1. The van der Waals surface area contributed by atoms with E-state index in [2.05, 4.69) is 0 Å². The van der Waals surface area contributed by atoms with Crippen LogP contribution in [0.25, 0.3) is 0 Å². The van der Waals surface area contributed by atoms with E-state index in [9.17, 15) is 4.79 Å². The molecule has 1 amide bonds. The Morgan fingerprint density at radius 1 is 1.18 bits per heavy atom. The van der Waals surface area contributed by atoms with Crippen LogP contribution >= 0.6 is 0 Å². The largest absolute Gasteiger partial charge is 0.342 e. The van der Waals surface area contributed by atoms with E-state index in [4.69, 9.17) is 5.73 Å². The molecule has 1 aromatic carbocycles. The van der Waals surface area contributed by atoms with Crippen molar-refractivity contribution in [2.45, 2.75) is 25.2 Å². The number of likely N-dealkylation sites (tertiary alicyclic amines) is 1. The highest BCUT2D eigenvalue weighted by atomic mass is 16.2. The molecule has 3 nitrogen and oxygen atoms in total. The molecule has 1 saturated heterocycles. The summed E-state index contributed by atoms with van der Waals surface area (Å²) in [7, 11) is 0. The van der Waals surface area contributed by atoms with Gasteiger partial charge in [-0.05, 0) is 24.8 Å². The van der Waals surface area contributed by atoms with Crippen LogP contribution in [0.1, 0.15) is 30.7 Å². The number of benzene rings is 1. The van der Waals surface area contributed by atoms with Crippen molar-refractivity contribution in [3.05, 3.63) is 35.9 Å². The lowest BCUT2D eigenvalue weighted by Gasteiger charge is -2.30. The molecule has 1 atom stereocenters. The number of amides is 1. The molecular formula is C14H20N2O. The second kappa shape index (κ2) is 5.82. The normalized spacial score (nSPS) is 17.8. The molecule has 17 heavy (non-hydrogen) atoms. The predicted molar refractivity (Wildman–Crippen MR) is 68.7 cm³/mol. The maximum atomic E-state index is 12.4. The number of piperidine rings is 1. The number of carbonyl (C=O) groups excluding carboxylic acids is 1. The molecule has 3 heteroatoms. The van der Waals surface area contributed by atoms with Gasteiger partial charge in [0, 0.05) is 19.6 Å². The molecule has 0 radical (unpaired) electrons. The number of nitrogens with two attached hydrogens (primary N) is 1. The summed E-state index contributed by atoms with van der Waals surface area (Å²) in [5.41, 5.74) is 6.80. The van der Waals surface area contributed by atoms with Gasteiger partial charge in [-0.1, -0.05) is 30.3 Å². The standard InChI is InChI=1S/C14H20N2O/c15-11-13(12-7-3-1-4-8-12)14(17)16-9-5-2-6-10-16/h1,3-4,7-8,13H,2,5-6,9-11,15H2. The van der Waals surface area contributed by atoms with E-state index < -0.39 is 0 Å². The van der Waals surface area contributed by atoms with Crippen molar-refractivity contribution in [2.24, 2.45) is 5.73 Å². The van der Waals surface area contributed by atoms with Gasteiger partial charge in [-0.15, -0.1) is 0 Å². The average Bonchev–Trinajstić information content (AvgIpc) is 2.42. The van der Waals surface area contributed by atoms with Crippen LogP contribution in [0, 0.1) is 0 Å². The smallest absolute Gasteiger partial charge is 0.231 e. The van der Waals surface area contributed by atoms with Gasteiger partial charge in [0.25, 0.3) is 0 Å². The molecule has 0 saturated carbocycles. The van der Waals surface area contributed by atoms with Crippen LogP contribution in [0.15, 0.2) is 30.3 Å². The molecule has 1 aromatic rings. The van der Waals surface area contributed by atoms with Crippen molar-refractivity contribution < 1.29 is 4.79 Å². The first-order valence-corrected chi connectivity index (χ1v) is 6.36. The van der Waals surface area contributed by atoms with E-state index in [0.717, 1.165) is 31.5 Å². The fourth-order valence-corrected chi connectivity index (χ4v) is 2.40. The van der Waals surface area contributed by atoms with Crippen LogP contribution in [0.2, 0.25) is 0 Å². The molecule has 2 rings (SSSR count). The van der Waals surface area contributed by atoms with Gasteiger partial charge in [0.1, 0.15) is 0 Å².